The highest BCUT2D eigenvalue weighted by Gasteiger charge is 2.12. The zero-order valence-electron chi connectivity index (χ0n) is 14.9. The molecular weight excluding hydrogens is 298 g/mol. The van der Waals surface area contributed by atoms with Crippen LogP contribution in [0.15, 0.2) is 34.9 Å². The Hall–Kier alpha value is -2.49. The van der Waals surface area contributed by atoms with E-state index in [1.807, 2.05) is 39.0 Å². The zero-order valence-corrected chi connectivity index (χ0v) is 14.9. The number of oxazole rings is 1. The van der Waals surface area contributed by atoms with Gasteiger partial charge in [-0.15, -0.1) is 0 Å². The Kier molecular flexibility index (Phi) is 4.47. The standard InChI is InChI=1S/C20H23N3O/c1-12(2)6-18-10-16(7-15(5)23-18)19-11-21-20(24-19)17-8-13(3)22-14(4)9-17/h7-12H,6H2,1-5H3. The first kappa shape index (κ1) is 16.4. The highest BCUT2D eigenvalue weighted by molar-refractivity contribution is 5.62. The second kappa shape index (κ2) is 6.56. The maximum atomic E-state index is 6.01. The predicted molar refractivity (Wildman–Crippen MR) is 95.7 cm³/mol. The number of rotatable bonds is 4. The molecule has 0 radical (unpaired) electrons. The normalized spacial score (nSPS) is 11.2. The number of pyridine rings is 2. The molecule has 0 aromatic carbocycles. The van der Waals surface area contributed by atoms with Crippen LogP contribution in [0.3, 0.4) is 0 Å². The molecule has 0 N–H and O–H groups in total. The van der Waals surface area contributed by atoms with Crippen molar-refractivity contribution in [3.63, 3.8) is 0 Å². The molecule has 3 rings (SSSR count). The lowest BCUT2D eigenvalue weighted by Gasteiger charge is -2.07. The summed E-state index contributed by atoms with van der Waals surface area (Å²) in [6, 6.07) is 8.12. The fourth-order valence-electron chi connectivity index (χ4n) is 2.90. The number of aromatic nitrogens is 3. The van der Waals surface area contributed by atoms with Crippen molar-refractivity contribution < 1.29 is 4.42 Å². The Morgan fingerprint density at radius 1 is 0.875 bits per heavy atom. The Morgan fingerprint density at radius 2 is 1.50 bits per heavy atom. The van der Waals surface area contributed by atoms with Crippen molar-refractivity contribution in [2.45, 2.75) is 41.0 Å². The van der Waals surface area contributed by atoms with Gasteiger partial charge < -0.3 is 4.42 Å². The molecular formula is C20H23N3O. The fourth-order valence-corrected chi connectivity index (χ4v) is 2.90. The summed E-state index contributed by atoms with van der Waals surface area (Å²) in [7, 11) is 0. The van der Waals surface area contributed by atoms with Gasteiger partial charge in [-0.3, -0.25) is 9.97 Å². The Labute approximate surface area is 143 Å². The van der Waals surface area contributed by atoms with Crippen LogP contribution >= 0.6 is 0 Å². The Balaban J connectivity index is 1.97. The van der Waals surface area contributed by atoms with Gasteiger partial charge in [0.05, 0.1) is 6.20 Å². The quantitative estimate of drug-likeness (QED) is 0.684. The third-order valence-corrected chi connectivity index (χ3v) is 3.74. The summed E-state index contributed by atoms with van der Waals surface area (Å²) < 4.78 is 6.01. The van der Waals surface area contributed by atoms with Crippen molar-refractivity contribution in [3.05, 3.63) is 53.2 Å². The van der Waals surface area contributed by atoms with E-state index < -0.39 is 0 Å². The highest BCUT2D eigenvalue weighted by atomic mass is 16.4. The van der Waals surface area contributed by atoms with E-state index in [1.165, 1.54) is 0 Å². The summed E-state index contributed by atoms with van der Waals surface area (Å²) in [4.78, 5) is 13.5. The lowest BCUT2D eigenvalue weighted by molar-refractivity contribution is 0.587. The molecule has 0 aliphatic carbocycles. The van der Waals surface area contributed by atoms with Crippen LogP contribution in [-0.2, 0) is 6.42 Å². The average Bonchev–Trinajstić information content (AvgIpc) is 2.94. The fraction of sp³-hybridized carbons (Fsp3) is 0.350. The SMILES string of the molecule is Cc1cc(-c2ncc(-c3cc(C)nc(CC(C)C)c3)o2)cc(C)n1. The largest absolute Gasteiger partial charge is 0.436 e. The second-order valence-corrected chi connectivity index (χ2v) is 6.75. The van der Waals surface area contributed by atoms with Gasteiger partial charge in [-0.25, -0.2) is 4.98 Å². The van der Waals surface area contributed by atoms with Crippen molar-refractivity contribution in [2.75, 3.05) is 0 Å². The third-order valence-electron chi connectivity index (χ3n) is 3.74. The van der Waals surface area contributed by atoms with Crippen LogP contribution in [0.1, 0.15) is 36.6 Å². The van der Waals surface area contributed by atoms with Gasteiger partial charge in [-0.2, -0.15) is 0 Å². The maximum absolute atomic E-state index is 6.01. The predicted octanol–water partition coefficient (Wildman–Crippen LogP) is 4.92. The summed E-state index contributed by atoms with van der Waals surface area (Å²) >= 11 is 0. The van der Waals surface area contributed by atoms with E-state index in [0.29, 0.717) is 11.8 Å². The molecule has 0 bridgehead atoms. The second-order valence-electron chi connectivity index (χ2n) is 6.75. The van der Waals surface area contributed by atoms with Gasteiger partial charge in [0.1, 0.15) is 0 Å². The molecule has 3 aromatic heterocycles. The maximum Gasteiger partial charge on any atom is 0.226 e. The van der Waals surface area contributed by atoms with E-state index in [-0.39, 0.29) is 0 Å². The minimum absolute atomic E-state index is 0.570. The lowest BCUT2D eigenvalue weighted by atomic mass is 10.0. The van der Waals surface area contributed by atoms with Gasteiger partial charge in [0, 0.05) is 33.9 Å². The number of aryl methyl sites for hydroxylation is 3. The molecule has 0 aliphatic heterocycles. The third kappa shape index (κ3) is 3.70. The van der Waals surface area contributed by atoms with E-state index in [1.54, 1.807) is 6.20 Å². The molecule has 3 aromatic rings. The summed E-state index contributed by atoms with van der Waals surface area (Å²) in [5.74, 6) is 1.96. The van der Waals surface area contributed by atoms with Crippen molar-refractivity contribution in [2.24, 2.45) is 5.92 Å². The first-order chi connectivity index (χ1) is 11.4. The number of hydrogen-bond acceptors (Lipinski definition) is 4. The Bertz CT molecular complexity index is 845. The molecule has 0 atom stereocenters. The number of nitrogens with zero attached hydrogens (tertiary/aromatic N) is 3. The first-order valence-electron chi connectivity index (χ1n) is 8.30. The van der Waals surface area contributed by atoms with Crippen molar-refractivity contribution in [1.29, 1.82) is 0 Å². The van der Waals surface area contributed by atoms with Gasteiger partial charge in [-0.1, -0.05) is 13.8 Å². The van der Waals surface area contributed by atoms with Gasteiger partial charge in [-0.05, 0) is 57.4 Å². The monoisotopic (exact) mass is 321 g/mol. The molecule has 0 spiro atoms. The van der Waals surface area contributed by atoms with E-state index in [0.717, 1.165) is 46.1 Å². The molecule has 0 aliphatic rings. The molecule has 0 amide bonds. The van der Waals surface area contributed by atoms with Gasteiger partial charge in [0.15, 0.2) is 5.76 Å². The van der Waals surface area contributed by atoms with E-state index >= 15 is 0 Å². The lowest BCUT2D eigenvalue weighted by Crippen LogP contribution is -1.99. The van der Waals surface area contributed by atoms with E-state index in [4.69, 9.17) is 4.42 Å². The van der Waals surface area contributed by atoms with Gasteiger partial charge in [0.25, 0.3) is 0 Å². The van der Waals surface area contributed by atoms with Gasteiger partial charge >= 0.3 is 0 Å². The topological polar surface area (TPSA) is 51.8 Å². The molecule has 3 heterocycles. The minimum atomic E-state index is 0.570. The molecule has 124 valence electrons. The van der Waals surface area contributed by atoms with E-state index in [2.05, 4.69) is 34.9 Å². The van der Waals surface area contributed by atoms with E-state index in [9.17, 15) is 0 Å². The molecule has 0 saturated heterocycles. The van der Waals surface area contributed by atoms with Crippen LogP contribution in [0, 0.1) is 26.7 Å². The summed E-state index contributed by atoms with van der Waals surface area (Å²) in [6.45, 7) is 10.4. The summed E-state index contributed by atoms with van der Waals surface area (Å²) in [5.41, 5.74) is 6.00. The van der Waals surface area contributed by atoms with Crippen LogP contribution < -0.4 is 0 Å². The minimum Gasteiger partial charge on any atom is -0.436 e. The van der Waals surface area contributed by atoms with Crippen LogP contribution in [0.2, 0.25) is 0 Å². The van der Waals surface area contributed by atoms with Crippen LogP contribution in [0.4, 0.5) is 0 Å². The average molecular weight is 321 g/mol. The van der Waals surface area contributed by atoms with Crippen molar-refractivity contribution in [1.82, 2.24) is 15.0 Å². The Morgan fingerprint density at radius 3 is 2.17 bits per heavy atom. The highest BCUT2D eigenvalue weighted by Crippen LogP contribution is 2.27. The van der Waals surface area contributed by atoms with Crippen LogP contribution in [-0.4, -0.2) is 15.0 Å². The molecule has 4 heteroatoms. The smallest absolute Gasteiger partial charge is 0.226 e. The van der Waals surface area contributed by atoms with Crippen LogP contribution in [0.5, 0.6) is 0 Å². The molecule has 0 fully saturated rings. The molecule has 0 unspecified atom stereocenters. The zero-order chi connectivity index (χ0) is 17.3. The van der Waals surface area contributed by atoms with Crippen molar-refractivity contribution >= 4 is 0 Å². The number of hydrogen-bond donors (Lipinski definition) is 0. The summed E-state index contributed by atoms with van der Waals surface area (Å²) in [6.07, 6.45) is 2.74. The van der Waals surface area contributed by atoms with Crippen molar-refractivity contribution in [3.8, 4) is 22.8 Å². The molecule has 4 nitrogen and oxygen atoms in total. The summed E-state index contributed by atoms with van der Waals surface area (Å²) in [5, 5.41) is 0. The first-order valence-corrected chi connectivity index (χ1v) is 8.30. The molecule has 0 saturated carbocycles. The molecule has 24 heavy (non-hydrogen) atoms. The van der Waals surface area contributed by atoms with Crippen LogP contribution in [0.25, 0.3) is 22.8 Å². The van der Waals surface area contributed by atoms with Gasteiger partial charge in [0.2, 0.25) is 5.89 Å².